The molecule has 2 heterocycles. The van der Waals surface area contributed by atoms with Gasteiger partial charge in [0.25, 0.3) is 0 Å². The molecule has 5 nitrogen and oxygen atoms in total. The summed E-state index contributed by atoms with van der Waals surface area (Å²) < 4.78 is 5.29. The van der Waals surface area contributed by atoms with Crippen molar-refractivity contribution in [1.29, 1.82) is 0 Å². The van der Waals surface area contributed by atoms with Gasteiger partial charge >= 0.3 is 0 Å². The highest BCUT2D eigenvalue weighted by Gasteiger charge is 2.18. The Labute approximate surface area is 125 Å². The van der Waals surface area contributed by atoms with Crippen LogP contribution in [0.4, 0.5) is 11.8 Å². The topological polar surface area (TPSA) is 50.3 Å². The van der Waals surface area contributed by atoms with Gasteiger partial charge in [0, 0.05) is 25.8 Å². The van der Waals surface area contributed by atoms with Gasteiger partial charge in [-0.1, -0.05) is 6.07 Å². The third-order valence-corrected chi connectivity index (χ3v) is 3.73. The molecule has 1 aromatic carbocycles. The summed E-state index contributed by atoms with van der Waals surface area (Å²) in [6, 6.07) is 8.27. The fraction of sp³-hybridized carbons (Fsp3) is 0.375. The number of anilines is 2. The van der Waals surface area contributed by atoms with Gasteiger partial charge in [0.1, 0.15) is 11.6 Å². The van der Waals surface area contributed by atoms with E-state index in [9.17, 15) is 0 Å². The molecule has 1 aliphatic heterocycles. The Balaban J connectivity index is 1.81. The van der Waals surface area contributed by atoms with Crippen molar-refractivity contribution in [3.63, 3.8) is 0 Å². The summed E-state index contributed by atoms with van der Waals surface area (Å²) in [6.45, 7) is 4.71. The average Bonchev–Trinajstić information content (AvgIpc) is 2.54. The van der Waals surface area contributed by atoms with E-state index in [1.807, 2.05) is 25.3 Å². The molecule has 1 aromatic heterocycles. The first-order chi connectivity index (χ1) is 10.3. The molecule has 3 rings (SSSR count). The van der Waals surface area contributed by atoms with Crippen LogP contribution in [0.15, 0.2) is 30.5 Å². The largest absolute Gasteiger partial charge is 0.497 e. The Bertz CT molecular complexity index is 629. The molecule has 0 amide bonds. The van der Waals surface area contributed by atoms with Gasteiger partial charge in [-0.3, -0.25) is 0 Å². The molecule has 0 atom stereocenters. The number of hydrogen-bond acceptors (Lipinski definition) is 5. The molecule has 0 radical (unpaired) electrons. The summed E-state index contributed by atoms with van der Waals surface area (Å²) in [5.74, 6) is 2.59. The molecule has 0 spiro atoms. The third-order valence-electron chi connectivity index (χ3n) is 3.73. The van der Waals surface area contributed by atoms with Gasteiger partial charge in [0.05, 0.1) is 7.11 Å². The summed E-state index contributed by atoms with van der Waals surface area (Å²) >= 11 is 0. The first-order valence-electron chi connectivity index (χ1n) is 7.28. The van der Waals surface area contributed by atoms with E-state index in [-0.39, 0.29) is 0 Å². The van der Waals surface area contributed by atoms with E-state index in [0.29, 0.717) is 5.95 Å². The molecule has 1 N–H and O–H groups in total. The number of nitrogens with zero attached hydrogens (tertiary/aromatic N) is 3. The van der Waals surface area contributed by atoms with Gasteiger partial charge in [-0.2, -0.15) is 4.98 Å². The normalized spacial score (nSPS) is 13.7. The lowest BCUT2D eigenvalue weighted by molar-refractivity contribution is 0.413. The minimum absolute atomic E-state index is 0.690. The van der Waals surface area contributed by atoms with Crippen LogP contribution >= 0.6 is 0 Å². The van der Waals surface area contributed by atoms with Crippen molar-refractivity contribution >= 4 is 11.8 Å². The van der Waals surface area contributed by atoms with Crippen LogP contribution in [0.1, 0.15) is 18.1 Å². The number of hydrogen-bond donors (Lipinski definition) is 1. The van der Waals surface area contributed by atoms with Gasteiger partial charge in [-0.15, -0.1) is 0 Å². The fourth-order valence-corrected chi connectivity index (χ4v) is 2.62. The Morgan fingerprint density at radius 3 is 3.00 bits per heavy atom. The summed E-state index contributed by atoms with van der Waals surface area (Å²) in [4.78, 5) is 11.1. The molecule has 5 heteroatoms. The smallest absolute Gasteiger partial charge is 0.224 e. The van der Waals surface area contributed by atoms with Crippen molar-refractivity contribution in [3.8, 4) is 5.75 Å². The Morgan fingerprint density at radius 1 is 1.29 bits per heavy atom. The van der Waals surface area contributed by atoms with Crippen LogP contribution in [-0.4, -0.2) is 30.2 Å². The molecule has 0 saturated heterocycles. The summed E-state index contributed by atoms with van der Waals surface area (Å²) in [5, 5.41) is 3.16. The van der Waals surface area contributed by atoms with Crippen LogP contribution in [0, 0.1) is 0 Å². The van der Waals surface area contributed by atoms with Crippen molar-refractivity contribution in [2.45, 2.75) is 19.9 Å². The third kappa shape index (κ3) is 2.91. The van der Waals surface area contributed by atoms with E-state index in [0.717, 1.165) is 37.6 Å². The Morgan fingerprint density at radius 2 is 2.19 bits per heavy atom. The summed E-state index contributed by atoms with van der Waals surface area (Å²) in [7, 11) is 1.71. The highest BCUT2D eigenvalue weighted by Crippen LogP contribution is 2.26. The molecule has 0 aliphatic carbocycles. The zero-order chi connectivity index (χ0) is 14.7. The highest BCUT2D eigenvalue weighted by molar-refractivity contribution is 5.47. The fourth-order valence-electron chi connectivity index (χ4n) is 2.62. The van der Waals surface area contributed by atoms with Gasteiger partial charge in [-0.25, -0.2) is 4.98 Å². The van der Waals surface area contributed by atoms with Gasteiger partial charge < -0.3 is 15.0 Å². The molecule has 0 bridgehead atoms. The Hall–Kier alpha value is -2.30. The van der Waals surface area contributed by atoms with E-state index >= 15 is 0 Å². The Kier molecular flexibility index (Phi) is 3.90. The van der Waals surface area contributed by atoms with E-state index in [2.05, 4.69) is 32.3 Å². The molecule has 0 fully saturated rings. The van der Waals surface area contributed by atoms with Gasteiger partial charge in [0.15, 0.2) is 0 Å². The first kappa shape index (κ1) is 13.7. The number of methoxy groups -OCH3 is 1. The maximum atomic E-state index is 5.29. The van der Waals surface area contributed by atoms with Crippen LogP contribution in [-0.2, 0) is 13.0 Å². The highest BCUT2D eigenvalue weighted by atomic mass is 16.5. The van der Waals surface area contributed by atoms with Crippen molar-refractivity contribution < 1.29 is 4.74 Å². The molecular weight excluding hydrogens is 264 g/mol. The number of ether oxygens (including phenoxy) is 1. The lowest BCUT2D eigenvalue weighted by Crippen LogP contribution is -2.31. The van der Waals surface area contributed by atoms with Crippen LogP contribution in [0.25, 0.3) is 0 Å². The van der Waals surface area contributed by atoms with Crippen molar-refractivity contribution in [3.05, 3.63) is 41.6 Å². The zero-order valence-electron chi connectivity index (χ0n) is 12.5. The lowest BCUT2D eigenvalue weighted by Gasteiger charge is -2.30. The molecule has 0 saturated carbocycles. The predicted octanol–water partition coefficient (Wildman–Crippen LogP) is 2.48. The number of fused-ring (bicyclic) bond motifs is 1. The van der Waals surface area contributed by atoms with E-state index in [1.54, 1.807) is 7.11 Å². The number of nitrogens with one attached hydrogen (secondary N) is 1. The molecule has 1 aliphatic rings. The maximum absolute atomic E-state index is 5.29. The minimum atomic E-state index is 0.690. The minimum Gasteiger partial charge on any atom is -0.497 e. The van der Waals surface area contributed by atoms with Crippen molar-refractivity contribution in [1.82, 2.24) is 9.97 Å². The second-order valence-electron chi connectivity index (χ2n) is 5.07. The molecule has 110 valence electrons. The summed E-state index contributed by atoms with van der Waals surface area (Å²) in [5.41, 5.74) is 2.71. The molecule has 0 unspecified atom stereocenters. The second-order valence-corrected chi connectivity index (χ2v) is 5.07. The quantitative estimate of drug-likeness (QED) is 0.934. The monoisotopic (exact) mass is 284 g/mol. The van der Waals surface area contributed by atoms with E-state index < -0.39 is 0 Å². The van der Waals surface area contributed by atoms with Crippen LogP contribution in [0.3, 0.4) is 0 Å². The van der Waals surface area contributed by atoms with E-state index in [1.165, 1.54) is 11.1 Å². The van der Waals surface area contributed by atoms with Crippen LogP contribution in [0.2, 0.25) is 0 Å². The van der Waals surface area contributed by atoms with Crippen LogP contribution < -0.4 is 15.0 Å². The summed E-state index contributed by atoms with van der Waals surface area (Å²) in [6.07, 6.45) is 2.82. The van der Waals surface area contributed by atoms with Gasteiger partial charge in [-0.05, 0) is 42.7 Å². The predicted molar refractivity (Wildman–Crippen MR) is 83.9 cm³/mol. The number of aromatic nitrogens is 2. The van der Waals surface area contributed by atoms with Crippen molar-refractivity contribution in [2.24, 2.45) is 0 Å². The van der Waals surface area contributed by atoms with Crippen LogP contribution in [0.5, 0.6) is 5.75 Å². The zero-order valence-corrected chi connectivity index (χ0v) is 12.5. The standard InChI is InChI=1S/C16H20N4O/c1-3-17-16-18-8-6-15(19-16)20-9-7-12-10-14(21-2)5-4-13(12)11-20/h4-6,8,10H,3,7,9,11H2,1-2H3,(H,17,18,19). The average molecular weight is 284 g/mol. The van der Waals surface area contributed by atoms with Gasteiger partial charge in [0.2, 0.25) is 5.95 Å². The number of rotatable bonds is 4. The lowest BCUT2D eigenvalue weighted by atomic mass is 9.99. The molecular formula is C16H20N4O. The van der Waals surface area contributed by atoms with Crippen molar-refractivity contribution in [2.75, 3.05) is 30.4 Å². The maximum Gasteiger partial charge on any atom is 0.224 e. The molecule has 21 heavy (non-hydrogen) atoms. The number of benzene rings is 1. The first-order valence-corrected chi connectivity index (χ1v) is 7.28. The van der Waals surface area contributed by atoms with E-state index in [4.69, 9.17) is 4.74 Å². The molecule has 2 aromatic rings. The second kappa shape index (κ2) is 5.99. The SMILES string of the molecule is CCNc1nccc(N2CCc3cc(OC)ccc3C2)n1.